The van der Waals surface area contributed by atoms with Gasteiger partial charge in [-0.15, -0.1) is 0 Å². The minimum atomic E-state index is -1.47. The van der Waals surface area contributed by atoms with Crippen molar-refractivity contribution >= 4 is 78.9 Å². The molecule has 255 valence electrons. The maximum atomic E-state index is 12.1. The minimum absolute atomic E-state index is 0. The number of carbonyl (C=O) groups is 6. The van der Waals surface area contributed by atoms with Crippen molar-refractivity contribution in [3.05, 3.63) is 54.5 Å². The van der Waals surface area contributed by atoms with Gasteiger partial charge in [0, 0.05) is 46.5 Å². The number of hydrogen-bond acceptors (Lipinski definition) is 12. The molecule has 0 saturated heterocycles. The number of carbonyl (C=O) groups excluding carboxylic acids is 6. The van der Waals surface area contributed by atoms with Gasteiger partial charge in [-0.2, -0.15) is 0 Å². The van der Waals surface area contributed by atoms with Crippen LogP contribution in [0.4, 0.5) is 11.4 Å². The second-order valence-electron chi connectivity index (χ2n) is 10.5. The molecule has 47 heavy (non-hydrogen) atoms. The molecule has 0 aliphatic carbocycles. The predicted molar refractivity (Wildman–Crippen MR) is 167 cm³/mol. The molecule has 0 heterocycles. The Balaban J connectivity index is 0.000000882. The van der Waals surface area contributed by atoms with Crippen LogP contribution in [0, 0.1) is 41.5 Å². The van der Waals surface area contributed by atoms with E-state index in [0.29, 0.717) is 11.4 Å². The van der Waals surface area contributed by atoms with Crippen molar-refractivity contribution in [3.8, 4) is 0 Å². The summed E-state index contributed by atoms with van der Waals surface area (Å²) in [5, 5.41) is 47.8. The normalized spacial score (nSPS) is 10.4. The molecule has 0 bridgehead atoms. The van der Waals surface area contributed by atoms with Crippen molar-refractivity contribution in [1.82, 2.24) is 9.80 Å². The second-order valence-corrected chi connectivity index (χ2v) is 12.1. The molecule has 2 amide bonds. The summed E-state index contributed by atoms with van der Waals surface area (Å²) in [7, 11) is 0. The third-order valence-electron chi connectivity index (χ3n) is 6.43. The van der Waals surface area contributed by atoms with Gasteiger partial charge in [-0.05, 0) is 74.9 Å². The molecule has 1 radical (unpaired) electrons. The average molecular weight is 869 g/mol. The number of rotatable bonds is 14. The predicted octanol–water partition coefficient (Wildman–Crippen LogP) is -1.77. The summed E-state index contributed by atoms with van der Waals surface area (Å²) in [6.07, 6.45) is 0. The third-order valence-corrected chi connectivity index (χ3v) is 8.87. The Morgan fingerprint density at radius 3 is 1.02 bits per heavy atom. The number of halogens is 2. The fourth-order valence-corrected chi connectivity index (χ4v) is 5.16. The van der Waals surface area contributed by atoms with Crippen LogP contribution in [0.1, 0.15) is 33.4 Å². The standard InChI is InChI=1S/2C15H19BrN2O5.Tc/c2*1-8-4-9(2)15(10(3)14(8)16)17-11(19)5-18(6-12(20)21)7-13(22)23;/h2*4H,5-7H2,1-3H3,(H,17,19)(H,20,21)(H,22,23);/q;;+4/p-4/i;;1+1. The molecular weight excluding hydrogens is 835 g/mol. The fourth-order valence-electron chi connectivity index (χ4n) is 4.54. The van der Waals surface area contributed by atoms with E-state index in [9.17, 15) is 49.2 Å². The van der Waals surface area contributed by atoms with Gasteiger partial charge >= 0.3 is 20.1 Å². The van der Waals surface area contributed by atoms with Crippen LogP contribution in [0.2, 0.25) is 0 Å². The van der Waals surface area contributed by atoms with Gasteiger partial charge in [-0.25, -0.2) is 0 Å². The van der Waals surface area contributed by atoms with E-state index in [1.165, 1.54) is 0 Å². The van der Waals surface area contributed by atoms with Crippen LogP contribution in [0.15, 0.2) is 21.1 Å². The van der Waals surface area contributed by atoms with Gasteiger partial charge in [-0.1, -0.05) is 44.0 Å². The summed E-state index contributed by atoms with van der Waals surface area (Å²) < 4.78 is 1.72. The quantitative estimate of drug-likeness (QED) is 0.215. The van der Waals surface area contributed by atoms with Gasteiger partial charge in [0.1, 0.15) is 0 Å². The molecule has 0 atom stereocenters. The Labute approximate surface area is 302 Å². The number of hydrogen-bond donors (Lipinski definition) is 2. The zero-order valence-corrected chi connectivity index (χ0v) is 31.5. The van der Waals surface area contributed by atoms with Crippen molar-refractivity contribution in [2.24, 2.45) is 0 Å². The summed E-state index contributed by atoms with van der Waals surface area (Å²) in [4.78, 5) is 68.5. The van der Waals surface area contributed by atoms with Crippen LogP contribution in [-0.2, 0) is 48.9 Å². The van der Waals surface area contributed by atoms with E-state index < -0.39 is 75.0 Å². The van der Waals surface area contributed by atoms with E-state index in [2.05, 4.69) is 42.5 Å². The van der Waals surface area contributed by atoms with Crippen molar-refractivity contribution < 1.29 is 69.3 Å². The number of aliphatic carboxylic acids is 4. The molecular formula is C30H34Br2N4O10Tc. The molecule has 0 aromatic heterocycles. The van der Waals surface area contributed by atoms with E-state index in [-0.39, 0.29) is 20.1 Å². The number of anilines is 2. The first-order chi connectivity index (χ1) is 21.2. The van der Waals surface area contributed by atoms with Gasteiger partial charge in [0.15, 0.2) is 0 Å². The topological polar surface area (TPSA) is 225 Å². The number of benzene rings is 2. The van der Waals surface area contributed by atoms with Crippen LogP contribution < -0.4 is 31.1 Å². The maximum Gasteiger partial charge on any atom is 4.00 e. The number of aryl methyl sites for hydroxylation is 4. The molecule has 17 heteroatoms. The average Bonchev–Trinajstić information content (AvgIpc) is 2.90. The van der Waals surface area contributed by atoms with E-state index >= 15 is 0 Å². The molecule has 0 unspecified atom stereocenters. The first kappa shape index (κ1) is 43.8. The first-order valence-corrected chi connectivity index (χ1v) is 15.2. The van der Waals surface area contributed by atoms with Gasteiger partial charge in [0.05, 0.1) is 37.0 Å². The molecule has 2 rings (SSSR count). The van der Waals surface area contributed by atoms with Gasteiger partial charge in [0.2, 0.25) is 11.8 Å². The fraction of sp³-hybridized carbons (Fsp3) is 0.400. The van der Waals surface area contributed by atoms with Crippen molar-refractivity contribution in [1.29, 1.82) is 0 Å². The smallest absolute Gasteiger partial charge is 0.549 e. The van der Waals surface area contributed by atoms with E-state index in [1.807, 2.05) is 53.7 Å². The SMILES string of the molecule is Cc1cc(C)c(NC(=O)CN(CC(=O)[O-])CC(=O)[O-])c(C)c1Br.Cc1cc(C)c(NC(=O)CN(CC(=O)[O-])CC(=O)[O-])c(C)c1Br.[99Tc+4]. The van der Waals surface area contributed by atoms with Gasteiger partial charge < -0.3 is 50.2 Å². The second kappa shape index (κ2) is 20.2. The summed E-state index contributed by atoms with van der Waals surface area (Å²) in [5.74, 6) is -6.91. The molecule has 0 fully saturated rings. The van der Waals surface area contributed by atoms with Crippen LogP contribution in [0.3, 0.4) is 0 Å². The molecule has 2 aromatic carbocycles. The monoisotopic (exact) mass is 867 g/mol. The van der Waals surface area contributed by atoms with Crippen LogP contribution in [0.25, 0.3) is 0 Å². The number of nitrogens with zero attached hydrogens (tertiary/aromatic N) is 2. The van der Waals surface area contributed by atoms with Crippen LogP contribution >= 0.6 is 31.9 Å². The number of amides is 2. The molecule has 14 nitrogen and oxygen atoms in total. The summed E-state index contributed by atoms with van der Waals surface area (Å²) in [6, 6.07) is 3.79. The van der Waals surface area contributed by atoms with E-state index in [1.54, 1.807) is 0 Å². The van der Waals surface area contributed by atoms with Crippen molar-refractivity contribution in [2.45, 2.75) is 41.5 Å². The van der Waals surface area contributed by atoms with E-state index in [0.717, 1.165) is 52.1 Å². The Bertz CT molecular complexity index is 1380. The van der Waals surface area contributed by atoms with Gasteiger partial charge in [0.25, 0.3) is 0 Å². The molecule has 2 aromatic rings. The van der Waals surface area contributed by atoms with Crippen LogP contribution in [-0.4, -0.2) is 84.8 Å². The Morgan fingerprint density at radius 2 is 0.787 bits per heavy atom. The van der Waals surface area contributed by atoms with Gasteiger partial charge in [-0.3, -0.25) is 19.4 Å². The Morgan fingerprint density at radius 1 is 0.532 bits per heavy atom. The largest absolute Gasteiger partial charge is 4.00 e. The maximum absolute atomic E-state index is 12.1. The van der Waals surface area contributed by atoms with Crippen LogP contribution in [0.5, 0.6) is 0 Å². The zero-order chi connectivity index (χ0) is 35.5. The molecule has 0 aliphatic rings. The minimum Gasteiger partial charge on any atom is -0.549 e. The third kappa shape index (κ3) is 15.0. The number of carboxylic acid groups (broad SMARTS) is 4. The van der Waals surface area contributed by atoms with E-state index in [4.69, 9.17) is 0 Å². The molecule has 0 aliphatic heterocycles. The summed E-state index contributed by atoms with van der Waals surface area (Å²) in [5.41, 5.74) is 6.63. The summed E-state index contributed by atoms with van der Waals surface area (Å²) >= 11 is 6.87. The van der Waals surface area contributed by atoms with Crippen molar-refractivity contribution in [3.63, 3.8) is 0 Å². The first-order valence-electron chi connectivity index (χ1n) is 13.6. The zero-order valence-electron chi connectivity index (χ0n) is 26.5. The number of nitrogens with one attached hydrogen (secondary N) is 2. The van der Waals surface area contributed by atoms with Crippen molar-refractivity contribution in [2.75, 3.05) is 49.9 Å². The molecule has 0 spiro atoms. The molecule has 0 saturated carbocycles. The Hall–Kier alpha value is -3.21. The molecule has 2 N–H and O–H groups in total. The Kier molecular flexibility index (Phi) is 18.8. The summed E-state index contributed by atoms with van der Waals surface area (Å²) in [6.45, 7) is 7.72. The number of carboxylic acids is 4.